The summed E-state index contributed by atoms with van der Waals surface area (Å²) in [7, 11) is 0.559. The van der Waals surface area contributed by atoms with Crippen LogP contribution < -0.4 is 5.32 Å². The van der Waals surface area contributed by atoms with Crippen LogP contribution in [0, 0.1) is 5.92 Å². The summed E-state index contributed by atoms with van der Waals surface area (Å²) in [6.07, 6.45) is 5.34. The van der Waals surface area contributed by atoms with Crippen molar-refractivity contribution in [2.75, 3.05) is 20.2 Å². The average Bonchev–Trinajstić information content (AvgIpc) is 3.05. The van der Waals surface area contributed by atoms with Crippen LogP contribution in [0.2, 0.25) is 19.6 Å². The van der Waals surface area contributed by atoms with E-state index in [-0.39, 0.29) is 17.9 Å². The number of H-pyrrole nitrogens is 1. The number of aromatic nitrogens is 1. The minimum atomic E-state index is -1.57. The smallest absolute Gasteiger partial charge is 0.228 e. The van der Waals surface area contributed by atoms with Crippen molar-refractivity contribution in [3.05, 3.63) is 41.6 Å². The molecule has 1 amide bonds. The Balaban J connectivity index is 1.56. The molecular weight excluding hydrogens is 366 g/mol. The van der Waals surface area contributed by atoms with E-state index >= 15 is 0 Å². The maximum absolute atomic E-state index is 13.0. The molecule has 0 saturated carbocycles. The molecule has 3 unspecified atom stereocenters. The third kappa shape index (κ3) is 3.68. The molecule has 4 rings (SSSR count). The number of nitrogens with one attached hydrogen (secondary N) is 2. The number of fused-ring (bicyclic) bond motifs is 2. The standard InChI is InChI=1S/C22H31N3O2Si/c1-14(13-27-28(3,4)5)24-22(26)16-9-18-17-7-6-8-19-21(17)15(11-23-19)10-20(18)25(2)12-16/h6-9,11,14,16,20,23H,10,12-13H2,1-5H3,(H,24,26). The molecular formula is C22H31N3O2Si. The molecule has 5 nitrogen and oxygen atoms in total. The Hall–Kier alpha value is -1.89. The molecule has 0 spiro atoms. The second-order valence-corrected chi connectivity index (χ2v) is 13.8. The molecule has 2 N–H and O–H groups in total. The summed E-state index contributed by atoms with van der Waals surface area (Å²) >= 11 is 0. The molecule has 0 fully saturated rings. The molecule has 6 heteroatoms. The van der Waals surface area contributed by atoms with Crippen molar-refractivity contribution in [2.45, 2.75) is 45.1 Å². The largest absolute Gasteiger partial charge is 0.416 e. The van der Waals surface area contributed by atoms with E-state index in [0.29, 0.717) is 12.6 Å². The van der Waals surface area contributed by atoms with E-state index in [4.69, 9.17) is 4.43 Å². The Morgan fingerprint density at radius 3 is 2.93 bits per heavy atom. The minimum Gasteiger partial charge on any atom is -0.416 e. The molecule has 0 radical (unpaired) electrons. The van der Waals surface area contributed by atoms with Crippen molar-refractivity contribution in [1.82, 2.24) is 15.2 Å². The number of benzene rings is 1. The molecule has 2 heterocycles. The van der Waals surface area contributed by atoms with E-state index in [0.717, 1.165) is 13.0 Å². The Morgan fingerprint density at radius 2 is 2.18 bits per heavy atom. The van der Waals surface area contributed by atoms with Crippen molar-refractivity contribution < 1.29 is 9.22 Å². The van der Waals surface area contributed by atoms with Crippen molar-refractivity contribution in [1.29, 1.82) is 0 Å². The molecule has 1 aliphatic carbocycles. The van der Waals surface area contributed by atoms with E-state index in [1.54, 1.807) is 0 Å². The Kier molecular flexibility index (Phi) is 4.97. The van der Waals surface area contributed by atoms with E-state index in [9.17, 15) is 4.79 Å². The van der Waals surface area contributed by atoms with Gasteiger partial charge in [0.1, 0.15) is 0 Å². The second kappa shape index (κ2) is 7.17. The van der Waals surface area contributed by atoms with Gasteiger partial charge in [0.15, 0.2) is 8.32 Å². The highest BCUT2D eigenvalue weighted by molar-refractivity contribution is 6.69. The zero-order valence-electron chi connectivity index (χ0n) is 17.5. The van der Waals surface area contributed by atoms with Crippen molar-refractivity contribution in [3.63, 3.8) is 0 Å². The van der Waals surface area contributed by atoms with Gasteiger partial charge in [-0.1, -0.05) is 18.2 Å². The molecule has 28 heavy (non-hydrogen) atoms. The summed E-state index contributed by atoms with van der Waals surface area (Å²) in [4.78, 5) is 18.7. The third-order valence-corrected chi connectivity index (χ3v) is 6.79. The van der Waals surface area contributed by atoms with Crippen LogP contribution in [0.4, 0.5) is 0 Å². The monoisotopic (exact) mass is 397 g/mol. The van der Waals surface area contributed by atoms with Crippen LogP contribution in [0.25, 0.3) is 16.5 Å². The summed E-state index contributed by atoms with van der Waals surface area (Å²) in [5, 5.41) is 4.47. The van der Waals surface area contributed by atoms with Gasteiger partial charge in [-0.3, -0.25) is 9.69 Å². The minimum absolute atomic E-state index is 0.0201. The fraction of sp³-hybridized carbons (Fsp3) is 0.500. The number of aromatic amines is 1. The molecule has 3 atom stereocenters. The number of amides is 1. The zero-order chi connectivity index (χ0) is 20.1. The quantitative estimate of drug-likeness (QED) is 0.761. The lowest BCUT2D eigenvalue weighted by atomic mass is 9.80. The van der Waals surface area contributed by atoms with E-state index in [1.807, 2.05) is 6.92 Å². The Bertz CT molecular complexity index is 927. The Labute approximate surface area is 168 Å². The number of carbonyl (C=O) groups is 1. The third-order valence-electron chi connectivity index (χ3n) is 5.76. The fourth-order valence-corrected chi connectivity index (χ4v) is 5.13. The van der Waals surface area contributed by atoms with Gasteiger partial charge in [-0.15, -0.1) is 0 Å². The van der Waals surface area contributed by atoms with Gasteiger partial charge in [-0.2, -0.15) is 0 Å². The molecule has 0 saturated heterocycles. The number of nitrogens with zero attached hydrogens (tertiary/aromatic N) is 1. The number of hydrogen-bond acceptors (Lipinski definition) is 3. The molecule has 1 aliphatic heterocycles. The predicted octanol–water partition coefficient (Wildman–Crippen LogP) is 3.39. The molecule has 2 aromatic rings. The average molecular weight is 398 g/mol. The van der Waals surface area contributed by atoms with Gasteiger partial charge in [0, 0.05) is 35.7 Å². The maximum atomic E-state index is 13.0. The number of carbonyl (C=O) groups excluding carboxylic acids is 1. The molecule has 1 aromatic carbocycles. The summed E-state index contributed by atoms with van der Waals surface area (Å²) in [6.45, 7) is 9.85. The summed E-state index contributed by atoms with van der Waals surface area (Å²) in [5.41, 5.74) is 5.11. The van der Waals surface area contributed by atoms with Gasteiger partial charge in [0.25, 0.3) is 0 Å². The van der Waals surface area contributed by atoms with E-state index in [1.165, 1.54) is 27.6 Å². The van der Waals surface area contributed by atoms with Crippen LogP contribution in [-0.4, -0.2) is 56.4 Å². The Morgan fingerprint density at radius 1 is 1.39 bits per heavy atom. The zero-order valence-corrected chi connectivity index (χ0v) is 18.5. The van der Waals surface area contributed by atoms with Crippen LogP contribution in [0.5, 0.6) is 0 Å². The number of likely N-dealkylation sites (N-methyl/N-ethyl adjacent to an activating group) is 1. The highest BCUT2D eigenvalue weighted by atomic mass is 28.4. The summed E-state index contributed by atoms with van der Waals surface area (Å²) < 4.78 is 5.95. The number of hydrogen-bond donors (Lipinski definition) is 2. The lowest BCUT2D eigenvalue weighted by Crippen LogP contribution is -2.48. The lowest BCUT2D eigenvalue weighted by Gasteiger charge is -2.39. The predicted molar refractivity (Wildman–Crippen MR) is 117 cm³/mol. The molecule has 0 bridgehead atoms. The van der Waals surface area contributed by atoms with Gasteiger partial charge >= 0.3 is 0 Å². The van der Waals surface area contributed by atoms with Gasteiger partial charge in [0.05, 0.1) is 12.5 Å². The fourth-order valence-electron chi connectivity index (χ4n) is 4.38. The van der Waals surface area contributed by atoms with Crippen molar-refractivity contribution >= 4 is 30.7 Å². The van der Waals surface area contributed by atoms with E-state index in [2.05, 4.69) is 72.4 Å². The first-order valence-electron chi connectivity index (χ1n) is 10.2. The first kappa shape index (κ1) is 19.4. The van der Waals surface area contributed by atoms with Crippen LogP contribution in [0.15, 0.2) is 30.5 Å². The van der Waals surface area contributed by atoms with Crippen molar-refractivity contribution in [2.24, 2.45) is 5.92 Å². The first-order chi connectivity index (χ1) is 13.2. The van der Waals surface area contributed by atoms with Crippen LogP contribution >= 0.6 is 0 Å². The van der Waals surface area contributed by atoms with Crippen LogP contribution in [0.1, 0.15) is 18.1 Å². The maximum Gasteiger partial charge on any atom is 0.228 e. The van der Waals surface area contributed by atoms with Gasteiger partial charge in [-0.05, 0) is 62.8 Å². The SMILES string of the molecule is CC(CO[Si](C)(C)C)NC(=O)C1C=C2c3cccc4[nH]cc(c34)CC2N(C)C1. The molecule has 1 aromatic heterocycles. The lowest BCUT2D eigenvalue weighted by molar-refractivity contribution is -0.125. The number of rotatable bonds is 5. The highest BCUT2D eigenvalue weighted by Crippen LogP contribution is 2.40. The first-order valence-corrected chi connectivity index (χ1v) is 13.6. The van der Waals surface area contributed by atoms with Crippen molar-refractivity contribution in [3.8, 4) is 0 Å². The second-order valence-electron chi connectivity index (χ2n) is 9.26. The molecule has 150 valence electrons. The van der Waals surface area contributed by atoms with E-state index < -0.39 is 8.32 Å². The van der Waals surface area contributed by atoms with Gasteiger partial charge < -0.3 is 14.7 Å². The summed E-state index contributed by atoms with van der Waals surface area (Å²) in [6, 6.07) is 6.77. The van der Waals surface area contributed by atoms with Gasteiger partial charge in [0.2, 0.25) is 5.91 Å². The topological polar surface area (TPSA) is 57.4 Å². The van der Waals surface area contributed by atoms with Crippen LogP contribution in [0.3, 0.4) is 0 Å². The summed E-state index contributed by atoms with van der Waals surface area (Å²) in [5.74, 6) is -0.0437. The molecule has 2 aliphatic rings. The highest BCUT2D eigenvalue weighted by Gasteiger charge is 2.35. The van der Waals surface area contributed by atoms with Crippen LogP contribution in [-0.2, 0) is 15.6 Å². The normalized spacial score (nSPS) is 23.2. The van der Waals surface area contributed by atoms with Gasteiger partial charge in [-0.25, -0.2) is 0 Å².